The number of rotatable bonds is 3. The summed E-state index contributed by atoms with van der Waals surface area (Å²) in [6.45, 7) is 3.96. The largest absolute Gasteiger partial charge is 0.439 e. The van der Waals surface area contributed by atoms with E-state index < -0.39 is 29.5 Å². The standard InChI is InChI=1S/C17H21F3N4O3/c1-3-16(26)4-6-24(7-5-16)14-12(17(18,19)20)8-11(9-21-14)13-10(2)27-15(25)23-22-13/h8-10,26H,3-7H2,1-2H3,(H,23,25). The van der Waals surface area contributed by atoms with Gasteiger partial charge in [-0.05, 0) is 32.3 Å². The summed E-state index contributed by atoms with van der Waals surface area (Å²) in [7, 11) is 0. The Bertz CT molecular complexity index is 758. The molecule has 1 aromatic rings. The number of pyridine rings is 1. The van der Waals surface area contributed by atoms with Crippen LogP contribution in [0.1, 0.15) is 44.2 Å². The van der Waals surface area contributed by atoms with E-state index in [1.165, 1.54) is 13.1 Å². The fraction of sp³-hybridized carbons (Fsp3) is 0.588. The van der Waals surface area contributed by atoms with Gasteiger partial charge in [-0.2, -0.15) is 18.3 Å². The highest BCUT2D eigenvalue weighted by Gasteiger charge is 2.39. The highest BCUT2D eigenvalue weighted by Crippen LogP contribution is 2.38. The van der Waals surface area contributed by atoms with Gasteiger partial charge in [0.1, 0.15) is 17.6 Å². The molecule has 1 atom stereocenters. The van der Waals surface area contributed by atoms with E-state index in [4.69, 9.17) is 4.74 Å². The van der Waals surface area contributed by atoms with Crippen molar-refractivity contribution >= 4 is 17.6 Å². The van der Waals surface area contributed by atoms with Crippen molar-refractivity contribution in [2.45, 2.75) is 51.0 Å². The Labute approximate surface area is 154 Å². The topological polar surface area (TPSA) is 87.0 Å². The molecule has 0 saturated carbocycles. The van der Waals surface area contributed by atoms with E-state index in [0.29, 0.717) is 19.3 Å². The number of alkyl halides is 3. The van der Waals surface area contributed by atoms with Crippen molar-refractivity contribution in [3.05, 3.63) is 23.4 Å². The van der Waals surface area contributed by atoms with E-state index in [2.05, 4.69) is 15.5 Å². The van der Waals surface area contributed by atoms with Crippen LogP contribution in [0.25, 0.3) is 0 Å². The second kappa shape index (κ2) is 6.99. The predicted molar refractivity (Wildman–Crippen MR) is 91.5 cm³/mol. The average Bonchev–Trinajstić information content (AvgIpc) is 2.61. The molecule has 3 heterocycles. The van der Waals surface area contributed by atoms with Crippen LogP contribution in [0.4, 0.5) is 23.8 Å². The molecule has 0 spiro atoms. The first kappa shape index (κ1) is 19.4. The van der Waals surface area contributed by atoms with Crippen LogP contribution < -0.4 is 10.3 Å². The number of hydrogen-bond donors (Lipinski definition) is 2. The molecule has 148 valence electrons. The lowest BCUT2D eigenvalue weighted by Gasteiger charge is -2.39. The van der Waals surface area contributed by atoms with Gasteiger partial charge in [-0.3, -0.25) is 0 Å². The molecule has 27 heavy (non-hydrogen) atoms. The van der Waals surface area contributed by atoms with Crippen molar-refractivity contribution in [1.82, 2.24) is 10.4 Å². The lowest BCUT2D eigenvalue weighted by atomic mass is 9.89. The van der Waals surface area contributed by atoms with Gasteiger partial charge < -0.3 is 14.7 Å². The summed E-state index contributed by atoms with van der Waals surface area (Å²) in [5, 5.41) is 14.1. The van der Waals surface area contributed by atoms with E-state index >= 15 is 0 Å². The summed E-state index contributed by atoms with van der Waals surface area (Å²) in [5.41, 5.74) is 0.665. The Hall–Kier alpha value is -2.36. The van der Waals surface area contributed by atoms with Crippen LogP contribution in [0.2, 0.25) is 0 Å². The Balaban J connectivity index is 1.93. The molecule has 0 radical (unpaired) electrons. The lowest BCUT2D eigenvalue weighted by Crippen LogP contribution is -2.45. The number of carbonyl (C=O) groups excluding carboxylic acids is 1. The number of ether oxygens (including phenoxy) is 1. The molecule has 1 fully saturated rings. The molecule has 1 amide bonds. The van der Waals surface area contributed by atoms with E-state index in [9.17, 15) is 23.1 Å². The number of amides is 1. The SMILES string of the molecule is CCC1(O)CCN(c2ncc(C3=NNC(=O)OC3C)cc2C(F)(F)F)CC1. The number of piperidine rings is 1. The number of nitrogens with one attached hydrogen (secondary N) is 1. The number of halogens is 3. The molecule has 7 nitrogen and oxygen atoms in total. The highest BCUT2D eigenvalue weighted by molar-refractivity contribution is 6.05. The molecular weight excluding hydrogens is 365 g/mol. The minimum atomic E-state index is -4.61. The zero-order chi connectivity index (χ0) is 19.8. The van der Waals surface area contributed by atoms with Crippen LogP contribution in [-0.4, -0.2) is 46.7 Å². The van der Waals surface area contributed by atoms with Crippen molar-refractivity contribution in [1.29, 1.82) is 0 Å². The first-order valence-electron chi connectivity index (χ1n) is 8.72. The van der Waals surface area contributed by atoms with Crippen molar-refractivity contribution in [3.63, 3.8) is 0 Å². The number of aliphatic hydroxyl groups is 1. The maximum absolute atomic E-state index is 13.7. The Kier molecular flexibility index (Phi) is 5.02. The summed E-state index contributed by atoms with van der Waals surface area (Å²) in [5.74, 6) is -0.168. The molecule has 0 bridgehead atoms. The molecule has 3 rings (SSSR count). The van der Waals surface area contributed by atoms with Crippen molar-refractivity contribution in [2.24, 2.45) is 5.10 Å². The van der Waals surface area contributed by atoms with Gasteiger partial charge in [-0.25, -0.2) is 15.2 Å². The molecule has 1 saturated heterocycles. The van der Waals surface area contributed by atoms with Gasteiger partial charge >= 0.3 is 12.3 Å². The van der Waals surface area contributed by atoms with Crippen molar-refractivity contribution in [3.8, 4) is 0 Å². The van der Waals surface area contributed by atoms with Gasteiger partial charge in [0.25, 0.3) is 0 Å². The zero-order valence-electron chi connectivity index (χ0n) is 15.0. The van der Waals surface area contributed by atoms with Crippen LogP contribution in [0.3, 0.4) is 0 Å². The molecule has 1 aromatic heterocycles. The van der Waals surface area contributed by atoms with Gasteiger partial charge in [0.15, 0.2) is 0 Å². The third-order valence-electron chi connectivity index (χ3n) is 5.06. The first-order valence-corrected chi connectivity index (χ1v) is 8.72. The number of carbonyl (C=O) groups is 1. The zero-order valence-corrected chi connectivity index (χ0v) is 15.0. The summed E-state index contributed by atoms with van der Waals surface area (Å²) >= 11 is 0. The van der Waals surface area contributed by atoms with Crippen LogP contribution >= 0.6 is 0 Å². The Morgan fingerprint density at radius 3 is 2.63 bits per heavy atom. The van der Waals surface area contributed by atoms with Crippen LogP contribution in [0, 0.1) is 0 Å². The first-order chi connectivity index (χ1) is 12.6. The molecule has 2 aliphatic rings. The van der Waals surface area contributed by atoms with Gasteiger partial charge in [0, 0.05) is 24.8 Å². The molecule has 10 heteroatoms. The Morgan fingerprint density at radius 2 is 2.07 bits per heavy atom. The number of nitrogens with zero attached hydrogens (tertiary/aromatic N) is 3. The van der Waals surface area contributed by atoms with Gasteiger partial charge in [-0.1, -0.05) is 6.92 Å². The third-order valence-corrected chi connectivity index (χ3v) is 5.06. The van der Waals surface area contributed by atoms with Crippen molar-refractivity contribution < 1.29 is 27.8 Å². The summed E-state index contributed by atoms with van der Waals surface area (Å²) in [4.78, 5) is 16.7. The average molecular weight is 386 g/mol. The van der Waals surface area contributed by atoms with Crippen LogP contribution in [-0.2, 0) is 10.9 Å². The van der Waals surface area contributed by atoms with E-state index in [0.717, 1.165) is 6.07 Å². The fourth-order valence-corrected chi connectivity index (χ4v) is 3.29. The molecule has 0 aromatic carbocycles. The maximum atomic E-state index is 13.7. The number of hydrazone groups is 1. The minimum Gasteiger partial charge on any atom is -0.439 e. The molecule has 1 unspecified atom stereocenters. The van der Waals surface area contributed by atoms with Gasteiger partial charge in [0.2, 0.25) is 0 Å². The number of hydrogen-bond acceptors (Lipinski definition) is 6. The molecular formula is C17H21F3N4O3. The lowest BCUT2D eigenvalue weighted by molar-refractivity contribution is -0.137. The smallest absolute Gasteiger partial charge is 0.428 e. The summed E-state index contributed by atoms with van der Waals surface area (Å²) in [6, 6.07) is 0.971. The third kappa shape index (κ3) is 4.00. The summed E-state index contributed by atoms with van der Waals surface area (Å²) < 4.78 is 45.9. The van der Waals surface area contributed by atoms with Crippen molar-refractivity contribution in [2.75, 3.05) is 18.0 Å². The maximum Gasteiger partial charge on any atom is 0.428 e. The number of anilines is 1. The van der Waals surface area contributed by atoms with Gasteiger partial charge in [-0.15, -0.1) is 0 Å². The second-order valence-electron chi connectivity index (χ2n) is 6.81. The molecule has 2 aliphatic heterocycles. The van der Waals surface area contributed by atoms with Crippen LogP contribution in [0.5, 0.6) is 0 Å². The highest BCUT2D eigenvalue weighted by atomic mass is 19.4. The minimum absolute atomic E-state index is 0.126. The van der Waals surface area contributed by atoms with E-state index in [-0.39, 0.29) is 30.2 Å². The second-order valence-corrected chi connectivity index (χ2v) is 6.81. The number of cyclic esters (lactones) is 1. The van der Waals surface area contributed by atoms with Crippen LogP contribution in [0.15, 0.2) is 17.4 Å². The number of aromatic nitrogens is 1. The molecule has 0 aliphatic carbocycles. The summed E-state index contributed by atoms with van der Waals surface area (Å²) in [6.07, 6.45) is -3.55. The van der Waals surface area contributed by atoms with Gasteiger partial charge in [0.05, 0.1) is 11.2 Å². The quantitative estimate of drug-likeness (QED) is 0.834. The fourth-order valence-electron chi connectivity index (χ4n) is 3.29. The normalized spacial score (nSPS) is 22.7. The monoisotopic (exact) mass is 386 g/mol. The van der Waals surface area contributed by atoms with E-state index in [1.54, 1.807) is 4.90 Å². The predicted octanol–water partition coefficient (Wildman–Crippen LogP) is 2.67. The molecule has 2 N–H and O–H groups in total. The van der Waals surface area contributed by atoms with E-state index in [1.807, 2.05) is 6.92 Å². The Morgan fingerprint density at radius 1 is 1.41 bits per heavy atom.